The molecule has 11 heteroatoms. The Labute approximate surface area is 258 Å². The molecule has 5 saturated carbocycles. The number of esters is 2. The minimum atomic E-state index is -1.76. The fraction of sp³-hybridized carbons (Fsp3) is 0.758. The van der Waals surface area contributed by atoms with Crippen molar-refractivity contribution < 1.29 is 48.2 Å². The third-order valence-electron chi connectivity index (χ3n) is 12.8. The third-order valence-corrected chi connectivity index (χ3v) is 12.8. The van der Waals surface area contributed by atoms with Gasteiger partial charge in [0, 0.05) is 76.5 Å². The normalized spacial score (nSPS) is 49.9. The van der Waals surface area contributed by atoms with Crippen molar-refractivity contribution in [2.45, 2.75) is 73.9 Å². The molecule has 7 bridgehead atoms. The molecule has 1 aromatic carbocycles. The summed E-state index contributed by atoms with van der Waals surface area (Å²) in [5, 5.41) is 25.1. The van der Waals surface area contributed by atoms with Crippen LogP contribution in [0.2, 0.25) is 0 Å². The topological polar surface area (TPSA) is 133 Å². The summed E-state index contributed by atoms with van der Waals surface area (Å²) in [4.78, 5) is 29.2. The molecule has 242 valence electrons. The molecular formula is C33H45NO10. The minimum Gasteiger partial charge on any atom is -0.455 e. The van der Waals surface area contributed by atoms with Crippen molar-refractivity contribution in [2.24, 2.45) is 34.5 Å². The standard InChI is InChI=1S/C33H45NO10/c1-17(35)44-33-21-19(14-31(38,28(42-6)26(33)36)27(21)43-29(37)18-10-8-7-9-11-18)32-20(40-4)12-13-30(16-39-3)15-34(2)25(32)22(33)23(41-5)24(30)32/h7-11,19-28,36,38H,12-16H2,1-6H3/t19-,20?,21-,22?,23?,24-,25+,26?,27?,28?,30?,31-,32?,33-/m1/s1. The summed E-state index contributed by atoms with van der Waals surface area (Å²) in [6.07, 6.45) is -2.66. The van der Waals surface area contributed by atoms with Gasteiger partial charge in [0.25, 0.3) is 0 Å². The number of aliphatic hydroxyl groups excluding tert-OH is 1. The Morgan fingerprint density at radius 1 is 1.02 bits per heavy atom. The number of carbonyl (C=O) groups is 2. The first kappa shape index (κ1) is 30.5. The van der Waals surface area contributed by atoms with Crippen LogP contribution in [0.25, 0.3) is 0 Å². The van der Waals surface area contributed by atoms with E-state index in [0.29, 0.717) is 12.2 Å². The molecule has 1 aliphatic heterocycles. The predicted molar refractivity (Wildman–Crippen MR) is 154 cm³/mol. The molecule has 6 aliphatic rings. The number of rotatable bonds is 8. The number of likely N-dealkylation sites (tertiary alicyclic amines) is 1. The quantitative estimate of drug-likeness (QED) is 0.410. The molecule has 2 N–H and O–H groups in total. The molecule has 1 saturated heterocycles. The highest BCUT2D eigenvalue weighted by Gasteiger charge is 2.91. The molecule has 8 unspecified atom stereocenters. The van der Waals surface area contributed by atoms with E-state index in [0.717, 1.165) is 19.4 Å². The Hall–Kier alpha value is -2.12. The number of benzene rings is 1. The maximum Gasteiger partial charge on any atom is 0.338 e. The highest BCUT2D eigenvalue weighted by molar-refractivity contribution is 5.89. The Morgan fingerprint density at radius 2 is 1.75 bits per heavy atom. The summed E-state index contributed by atoms with van der Waals surface area (Å²) < 4.78 is 37.5. The van der Waals surface area contributed by atoms with Crippen molar-refractivity contribution in [1.82, 2.24) is 4.90 Å². The Bertz CT molecular complexity index is 1310. The molecule has 6 fully saturated rings. The van der Waals surface area contributed by atoms with Crippen molar-refractivity contribution in [3.63, 3.8) is 0 Å². The lowest BCUT2D eigenvalue weighted by molar-refractivity contribution is -0.316. The van der Waals surface area contributed by atoms with Crippen LogP contribution >= 0.6 is 0 Å². The molecule has 0 amide bonds. The number of piperidine rings is 1. The van der Waals surface area contributed by atoms with Crippen LogP contribution in [0.15, 0.2) is 30.3 Å². The number of methoxy groups -OCH3 is 4. The second-order valence-corrected chi connectivity index (χ2v) is 14.2. The van der Waals surface area contributed by atoms with E-state index in [4.69, 9.17) is 28.4 Å². The van der Waals surface area contributed by atoms with Crippen LogP contribution < -0.4 is 0 Å². The minimum absolute atomic E-state index is 0.103. The Kier molecular flexibility index (Phi) is 7.07. The van der Waals surface area contributed by atoms with Crippen molar-refractivity contribution in [3.05, 3.63) is 35.9 Å². The number of nitrogens with zero attached hydrogens (tertiary/aromatic N) is 1. The summed E-state index contributed by atoms with van der Waals surface area (Å²) in [6.45, 7) is 2.56. The van der Waals surface area contributed by atoms with Crippen LogP contribution in [0.5, 0.6) is 0 Å². The van der Waals surface area contributed by atoms with E-state index in [1.54, 1.807) is 45.6 Å². The molecule has 7 rings (SSSR count). The lowest BCUT2D eigenvalue weighted by Crippen LogP contribution is -2.80. The van der Waals surface area contributed by atoms with Gasteiger partial charge in [-0.2, -0.15) is 0 Å². The van der Waals surface area contributed by atoms with Gasteiger partial charge in [-0.05, 0) is 44.4 Å². The molecule has 1 heterocycles. The van der Waals surface area contributed by atoms with Crippen LogP contribution in [-0.4, -0.2) is 123 Å². The average molecular weight is 616 g/mol. The van der Waals surface area contributed by atoms with Crippen LogP contribution in [-0.2, 0) is 33.2 Å². The number of carbonyl (C=O) groups excluding carboxylic acids is 2. The zero-order chi connectivity index (χ0) is 31.4. The second-order valence-electron chi connectivity index (χ2n) is 14.2. The van der Waals surface area contributed by atoms with Gasteiger partial charge in [-0.15, -0.1) is 0 Å². The fourth-order valence-electron chi connectivity index (χ4n) is 12.3. The smallest absolute Gasteiger partial charge is 0.338 e. The third kappa shape index (κ3) is 3.41. The number of aliphatic hydroxyl groups is 2. The van der Waals surface area contributed by atoms with Crippen molar-refractivity contribution >= 4 is 11.9 Å². The van der Waals surface area contributed by atoms with Crippen LogP contribution in [0, 0.1) is 34.5 Å². The van der Waals surface area contributed by atoms with Gasteiger partial charge in [-0.25, -0.2) is 4.79 Å². The number of hydrogen-bond acceptors (Lipinski definition) is 11. The lowest BCUT2D eigenvalue weighted by atomic mass is 9.43. The first-order chi connectivity index (χ1) is 21.0. The maximum atomic E-state index is 13.7. The van der Waals surface area contributed by atoms with E-state index in [1.165, 1.54) is 14.0 Å². The molecule has 5 aliphatic carbocycles. The fourth-order valence-corrected chi connectivity index (χ4v) is 12.3. The SMILES string of the molecule is COCC12CCC(OC)C34[C@@H]5C[C@]6(O)C(OC)C(O)[C@](OC(C)=O)(C(C(OC)[C@H]13)[C@@H]4N(C)C2)[C@H]5C6OC(=O)c1ccccc1. The van der Waals surface area contributed by atoms with Gasteiger partial charge in [0.15, 0.2) is 5.60 Å². The Balaban J connectivity index is 1.51. The molecular weight excluding hydrogens is 570 g/mol. The van der Waals surface area contributed by atoms with E-state index in [-0.39, 0.29) is 35.8 Å². The predicted octanol–water partition coefficient (Wildman–Crippen LogP) is 1.29. The zero-order valence-electron chi connectivity index (χ0n) is 26.3. The van der Waals surface area contributed by atoms with Crippen LogP contribution in [0.3, 0.4) is 0 Å². The van der Waals surface area contributed by atoms with Gasteiger partial charge in [-0.3, -0.25) is 4.79 Å². The van der Waals surface area contributed by atoms with E-state index in [9.17, 15) is 19.8 Å². The van der Waals surface area contributed by atoms with E-state index < -0.39 is 64.8 Å². The van der Waals surface area contributed by atoms with Crippen molar-refractivity contribution in [1.29, 1.82) is 0 Å². The van der Waals surface area contributed by atoms with Crippen LogP contribution in [0.1, 0.15) is 36.5 Å². The number of ether oxygens (including phenoxy) is 6. The number of fused-ring (bicyclic) bond motifs is 2. The van der Waals surface area contributed by atoms with E-state index >= 15 is 0 Å². The van der Waals surface area contributed by atoms with E-state index in [2.05, 4.69) is 11.9 Å². The van der Waals surface area contributed by atoms with Gasteiger partial charge in [0.05, 0.1) is 24.4 Å². The lowest BCUT2D eigenvalue weighted by Gasteiger charge is -2.69. The summed E-state index contributed by atoms with van der Waals surface area (Å²) >= 11 is 0. The second kappa shape index (κ2) is 10.2. The average Bonchev–Trinajstić information content (AvgIpc) is 3.39. The van der Waals surface area contributed by atoms with Gasteiger partial charge in [0.2, 0.25) is 0 Å². The van der Waals surface area contributed by atoms with Gasteiger partial charge in [0.1, 0.15) is 23.9 Å². The molecule has 0 aromatic heterocycles. The van der Waals surface area contributed by atoms with E-state index in [1.807, 2.05) is 6.07 Å². The Morgan fingerprint density at radius 3 is 2.36 bits per heavy atom. The van der Waals surface area contributed by atoms with Gasteiger partial charge >= 0.3 is 11.9 Å². The zero-order valence-corrected chi connectivity index (χ0v) is 26.3. The molecule has 1 aromatic rings. The number of hydrogen-bond donors (Lipinski definition) is 2. The monoisotopic (exact) mass is 615 g/mol. The first-order valence-corrected chi connectivity index (χ1v) is 15.7. The summed E-state index contributed by atoms with van der Waals surface area (Å²) in [7, 11) is 8.63. The largest absolute Gasteiger partial charge is 0.455 e. The van der Waals surface area contributed by atoms with Crippen molar-refractivity contribution in [2.75, 3.05) is 48.6 Å². The first-order valence-electron chi connectivity index (χ1n) is 15.7. The highest BCUT2D eigenvalue weighted by atomic mass is 16.6. The molecule has 0 radical (unpaired) electrons. The van der Waals surface area contributed by atoms with Gasteiger partial charge in [-0.1, -0.05) is 18.2 Å². The maximum absolute atomic E-state index is 13.7. The summed E-state index contributed by atoms with van der Waals surface area (Å²) in [6, 6.07) is 8.39. The molecule has 14 atom stereocenters. The highest BCUT2D eigenvalue weighted by Crippen LogP contribution is 2.80. The summed E-state index contributed by atoms with van der Waals surface area (Å²) in [5.74, 6) is -2.96. The summed E-state index contributed by atoms with van der Waals surface area (Å²) in [5.41, 5.74) is -3.93. The van der Waals surface area contributed by atoms with Gasteiger partial charge < -0.3 is 43.5 Å². The van der Waals surface area contributed by atoms with Crippen molar-refractivity contribution in [3.8, 4) is 0 Å². The van der Waals surface area contributed by atoms with Crippen LogP contribution in [0.4, 0.5) is 0 Å². The molecule has 11 nitrogen and oxygen atoms in total. The molecule has 1 spiro atoms. The molecule has 44 heavy (non-hydrogen) atoms.